The Labute approximate surface area is 164 Å². The minimum Gasteiger partial charge on any atom is -0.484 e. The second-order valence-electron chi connectivity index (χ2n) is 6.31. The average molecular weight is 413 g/mol. The largest absolute Gasteiger partial charge is 0.484 e. The van der Waals surface area contributed by atoms with E-state index in [1.165, 1.54) is 6.07 Å². The molecule has 1 aliphatic heterocycles. The smallest absolute Gasteiger partial charge is 0.438 e. The summed E-state index contributed by atoms with van der Waals surface area (Å²) in [7, 11) is 0. The fraction of sp³-hybridized carbons (Fsp3) is 0.263. The number of amides is 1. The van der Waals surface area contributed by atoms with E-state index in [9.17, 15) is 23.1 Å². The molecule has 5 nitrogen and oxygen atoms in total. The number of aryl methyl sites for hydroxylation is 1. The Bertz CT molecular complexity index is 918. The first-order valence-corrected chi connectivity index (χ1v) is 8.63. The Hall–Kier alpha value is -2.58. The first-order valence-electron chi connectivity index (χ1n) is 8.26. The molecule has 2 aromatic carbocycles. The van der Waals surface area contributed by atoms with Crippen molar-refractivity contribution in [2.75, 3.05) is 6.61 Å². The molecule has 28 heavy (non-hydrogen) atoms. The van der Waals surface area contributed by atoms with E-state index >= 15 is 0 Å². The van der Waals surface area contributed by atoms with Crippen LogP contribution in [0.3, 0.4) is 0 Å². The van der Waals surface area contributed by atoms with Crippen molar-refractivity contribution in [1.82, 2.24) is 5.01 Å². The number of hydrazone groups is 1. The normalized spacial score (nSPS) is 19.5. The lowest BCUT2D eigenvalue weighted by Gasteiger charge is -2.32. The summed E-state index contributed by atoms with van der Waals surface area (Å²) in [4.78, 5) is 12.4. The molecule has 1 aliphatic rings. The Morgan fingerprint density at radius 1 is 1.29 bits per heavy atom. The van der Waals surface area contributed by atoms with Gasteiger partial charge in [-0.2, -0.15) is 23.3 Å². The number of hydrogen-bond donors (Lipinski definition) is 1. The van der Waals surface area contributed by atoms with E-state index in [0.717, 1.165) is 0 Å². The molecule has 0 aliphatic carbocycles. The summed E-state index contributed by atoms with van der Waals surface area (Å²) in [5.41, 5.74) is -2.41. The van der Waals surface area contributed by atoms with E-state index in [1.54, 1.807) is 49.4 Å². The number of alkyl halides is 3. The summed E-state index contributed by atoms with van der Waals surface area (Å²) >= 11 is 5.90. The van der Waals surface area contributed by atoms with Gasteiger partial charge in [-0.25, -0.2) is 0 Å². The molecule has 0 fully saturated rings. The highest BCUT2D eigenvalue weighted by atomic mass is 35.5. The minimum atomic E-state index is -5.10. The molecule has 0 aromatic heterocycles. The summed E-state index contributed by atoms with van der Waals surface area (Å²) < 4.78 is 45.9. The second-order valence-corrected chi connectivity index (χ2v) is 6.72. The monoisotopic (exact) mass is 412 g/mol. The van der Waals surface area contributed by atoms with Crippen LogP contribution in [0.25, 0.3) is 0 Å². The third-order valence-corrected chi connectivity index (χ3v) is 4.70. The van der Waals surface area contributed by atoms with Crippen molar-refractivity contribution < 1.29 is 27.8 Å². The van der Waals surface area contributed by atoms with Crippen molar-refractivity contribution in [2.45, 2.75) is 25.2 Å². The number of carbonyl (C=O) groups excluding carboxylic acids is 1. The zero-order chi connectivity index (χ0) is 20.5. The molecule has 0 spiro atoms. The third kappa shape index (κ3) is 3.83. The van der Waals surface area contributed by atoms with Gasteiger partial charge in [-0.15, -0.1) is 0 Å². The summed E-state index contributed by atoms with van der Waals surface area (Å²) in [6, 6.07) is 12.6. The van der Waals surface area contributed by atoms with Crippen LogP contribution in [-0.2, 0) is 4.79 Å². The van der Waals surface area contributed by atoms with Crippen LogP contribution in [0, 0.1) is 6.92 Å². The van der Waals surface area contributed by atoms with Gasteiger partial charge >= 0.3 is 6.18 Å². The van der Waals surface area contributed by atoms with Crippen LogP contribution >= 0.6 is 11.6 Å². The molecule has 2 aromatic rings. The predicted octanol–water partition coefficient (Wildman–Crippen LogP) is 3.91. The summed E-state index contributed by atoms with van der Waals surface area (Å²) in [6.07, 6.45) is -5.97. The lowest BCUT2D eigenvalue weighted by Crippen LogP contribution is -2.57. The van der Waals surface area contributed by atoms with Crippen molar-refractivity contribution in [3.63, 3.8) is 0 Å². The maximum atomic E-state index is 13.5. The van der Waals surface area contributed by atoms with Crippen LogP contribution in [0.4, 0.5) is 13.2 Å². The molecule has 1 atom stereocenters. The van der Waals surface area contributed by atoms with Crippen LogP contribution in [0.2, 0.25) is 5.02 Å². The number of aliphatic hydroxyl groups is 1. The SMILES string of the molecule is Cc1cc(OCC(=O)N2N=C(c3ccccc3)CC2(O)C(F)(F)F)ccc1Cl. The minimum absolute atomic E-state index is 0.0453. The number of ether oxygens (including phenoxy) is 1. The average Bonchev–Trinajstić information content (AvgIpc) is 3.02. The second kappa shape index (κ2) is 7.44. The molecular weight excluding hydrogens is 397 g/mol. The Balaban J connectivity index is 1.83. The standard InChI is InChI=1S/C19H16ClF3N2O3/c1-12-9-14(7-8-15(12)20)28-11-17(26)25-18(27,19(21,22)23)10-16(24-25)13-5-3-2-4-6-13/h2-9,27H,10-11H2,1H3. The van der Waals surface area contributed by atoms with Crippen LogP contribution < -0.4 is 4.74 Å². The molecule has 1 heterocycles. The highest BCUT2D eigenvalue weighted by Gasteiger charge is 2.63. The van der Waals surface area contributed by atoms with Gasteiger partial charge in [0.25, 0.3) is 11.6 Å². The molecule has 0 saturated heterocycles. The van der Waals surface area contributed by atoms with Crippen molar-refractivity contribution in [3.05, 3.63) is 64.7 Å². The van der Waals surface area contributed by atoms with Crippen molar-refractivity contribution in [3.8, 4) is 5.75 Å². The molecule has 1 unspecified atom stereocenters. The third-order valence-electron chi connectivity index (χ3n) is 4.27. The van der Waals surface area contributed by atoms with Gasteiger partial charge < -0.3 is 9.84 Å². The van der Waals surface area contributed by atoms with Crippen LogP contribution in [0.5, 0.6) is 5.75 Å². The fourth-order valence-corrected chi connectivity index (χ4v) is 2.85. The zero-order valence-corrected chi connectivity index (χ0v) is 15.5. The number of carbonyl (C=O) groups is 1. The lowest BCUT2D eigenvalue weighted by atomic mass is 10.0. The Morgan fingerprint density at radius 2 is 1.96 bits per heavy atom. The van der Waals surface area contributed by atoms with Gasteiger partial charge in [0.1, 0.15) is 5.75 Å². The molecule has 0 bridgehead atoms. The van der Waals surface area contributed by atoms with Crippen LogP contribution in [0.1, 0.15) is 17.5 Å². The van der Waals surface area contributed by atoms with E-state index in [2.05, 4.69) is 5.10 Å². The summed E-state index contributed by atoms with van der Waals surface area (Å²) in [5, 5.41) is 14.6. The lowest BCUT2D eigenvalue weighted by molar-refractivity contribution is -0.302. The Morgan fingerprint density at radius 3 is 2.57 bits per heavy atom. The van der Waals surface area contributed by atoms with Crippen LogP contribution in [-0.4, -0.2) is 40.2 Å². The molecule has 0 radical (unpaired) electrons. The van der Waals surface area contributed by atoms with E-state index in [-0.39, 0.29) is 16.5 Å². The van der Waals surface area contributed by atoms with Gasteiger partial charge in [0.15, 0.2) is 6.61 Å². The number of nitrogens with zero attached hydrogens (tertiary/aromatic N) is 2. The quantitative estimate of drug-likeness (QED) is 0.828. The van der Waals surface area contributed by atoms with Crippen molar-refractivity contribution in [1.29, 1.82) is 0 Å². The maximum absolute atomic E-state index is 13.5. The van der Waals surface area contributed by atoms with Gasteiger partial charge in [0, 0.05) is 5.02 Å². The molecule has 3 rings (SSSR count). The summed E-state index contributed by atoms with van der Waals surface area (Å²) in [5.74, 6) is -0.865. The first-order chi connectivity index (χ1) is 13.1. The highest BCUT2D eigenvalue weighted by molar-refractivity contribution is 6.31. The van der Waals surface area contributed by atoms with Gasteiger partial charge in [0.05, 0.1) is 12.1 Å². The molecular formula is C19H16ClF3N2O3. The summed E-state index contributed by atoms with van der Waals surface area (Å²) in [6.45, 7) is 0.987. The number of halogens is 4. The number of rotatable bonds is 4. The van der Waals surface area contributed by atoms with E-state index < -0.39 is 30.8 Å². The molecule has 9 heteroatoms. The fourth-order valence-electron chi connectivity index (χ4n) is 2.73. The van der Waals surface area contributed by atoms with Gasteiger partial charge in [-0.3, -0.25) is 4.79 Å². The molecule has 148 valence electrons. The highest BCUT2D eigenvalue weighted by Crippen LogP contribution is 2.41. The van der Waals surface area contributed by atoms with E-state index in [0.29, 0.717) is 16.1 Å². The Kier molecular flexibility index (Phi) is 5.36. The molecule has 0 saturated carbocycles. The van der Waals surface area contributed by atoms with Gasteiger partial charge in [-0.1, -0.05) is 41.9 Å². The van der Waals surface area contributed by atoms with Crippen LogP contribution in [0.15, 0.2) is 53.6 Å². The van der Waals surface area contributed by atoms with Crippen molar-refractivity contribution >= 4 is 23.2 Å². The van der Waals surface area contributed by atoms with Gasteiger partial charge in [0.2, 0.25) is 0 Å². The maximum Gasteiger partial charge on any atom is 0.438 e. The van der Waals surface area contributed by atoms with E-state index in [4.69, 9.17) is 16.3 Å². The van der Waals surface area contributed by atoms with E-state index in [1.807, 2.05) is 0 Å². The molecule has 1 amide bonds. The van der Waals surface area contributed by atoms with Gasteiger partial charge in [-0.05, 0) is 36.2 Å². The zero-order valence-electron chi connectivity index (χ0n) is 14.7. The first kappa shape index (κ1) is 20.2. The topological polar surface area (TPSA) is 62.1 Å². The van der Waals surface area contributed by atoms with Crippen molar-refractivity contribution in [2.24, 2.45) is 5.10 Å². The number of benzene rings is 2. The number of hydrogen-bond acceptors (Lipinski definition) is 4. The predicted molar refractivity (Wildman–Crippen MR) is 97.1 cm³/mol. The molecule has 1 N–H and O–H groups in total.